The summed E-state index contributed by atoms with van der Waals surface area (Å²) in [6.07, 6.45) is 17.3. The summed E-state index contributed by atoms with van der Waals surface area (Å²) in [4.78, 5) is 9.56. The van der Waals surface area contributed by atoms with E-state index < -0.39 is 0 Å². The van der Waals surface area contributed by atoms with Gasteiger partial charge in [-0.25, -0.2) is 0 Å². The van der Waals surface area contributed by atoms with Crippen molar-refractivity contribution in [1.82, 2.24) is 9.97 Å². The normalized spacial score (nSPS) is 11.0. The van der Waals surface area contributed by atoms with Gasteiger partial charge >= 0.3 is 0 Å². The van der Waals surface area contributed by atoms with Gasteiger partial charge < -0.3 is 4.74 Å². The van der Waals surface area contributed by atoms with E-state index in [0.717, 1.165) is 58.0 Å². The van der Waals surface area contributed by atoms with E-state index in [4.69, 9.17) is 14.7 Å². The van der Waals surface area contributed by atoms with Gasteiger partial charge in [0.15, 0.2) is 0 Å². The Labute approximate surface area is 264 Å². The van der Waals surface area contributed by atoms with E-state index in [-0.39, 0.29) is 0 Å². The molecule has 0 amide bonds. The highest BCUT2D eigenvalue weighted by molar-refractivity contribution is 5.73. The standard InChI is InChI=1S/C41H46N2O/c1-3-4-5-6-7-8-9-10-11-12-28-44-39-24-20-34(21-25-39)38-23-27-41(43-31-38)36-15-13-14-35(29-36)40-26-22-37(30-42-40)33-18-16-32(2)17-19-33/h13-27,29-31H,3-12,28H2,1-2H3. The molecule has 0 atom stereocenters. The molecule has 3 aromatic carbocycles. The Morgan fingerprint density at radius 1 is 0.477 bits per heavy atom. The molecule has 2 heterocycles. The molecule has 3 heteroatoms. The average molecular weight is 583 g/mol. The number of nitrogens with zero attached hydrogens (tertiary/aromatic N) is 2. The molecule has 0 saturated heterocycles. The molecular formula is C41H46N2O. The summed E-state index contributed by atoms with van der Waals surface area (Å²) < 4.78 is 6.01. The summed E-state index contributed by atoms with van der Waals surface area (Å²) in [6, 6.07) is 33.9. The summed E-state index contributed by atoms with van der Waals surface area (Å²) in [5.74, 6) is 0.937. The van der Waals surface area contributed by atoms with Crippen LogP contribution in [-0.4, -0.2) is 16.6 Å². The Morgan fingerprint density at radius 2 is 0.955 bits per heavy atom. The predicted molar refractivity (Wildman–Crippen MR) is 186 cm³/mol. The number of benzene rings is 3. The van der Waals surface area contributed by atoms with Crippen LogP contribution in [0, 0.1) is 6.92 Å². The summed E-state index contributed by atoms with van der Waals surface area (Å²) in [7, 11) is 0. The zero-order chi connectivity index (χ0) is 30.4. The van der Waals surface area contributed by atoms with Crippen LogP contribution in [0.15, 0.2) is 109 Å². The van der Waals surface area contributed by atoms with Crippen molar-refractivity contribution in [2.75, 3.05) is 6.61 Å². The number of hydrogen-bond donors (Lipinski definition) is 0. The molecule has 0 unspecified atom stereocenters. The summed E-state index contributed by atoms with van der Waals surface area (Å²) in [5, 5.41) is 0. The predicted octanol–water partition coefficient (Wildman–Crippen LogP) is 11.8. The van der Waals surface area contributed by atoms with Crippen LogP contribution in [0.1, 0.15) is 76.7 Å². The lowest BCUT2D eigenvalue weighted by Gasteiger charge is -2.09. The molecule has 0 saturated carbocycles. The van der Waals surface area contributed by atoms with Crippen molar-refractivity contribution in [1.29, 1.82) is 0 Å². The van der Waals surface area contributed by atoms with E-state index in [2.05, 4.69) is 111 Å². The van der Waals surface area contributed by atoms with Crippen LogP contribution in [-0.2, 0) is 0 Å². The number of aromatic nitrogens is 2. The molecule has 0 aliphatic heterocycles. The molecule has 5 rings (SSSR count). The van der Waals surface area contributed by atoms with Crippen molar-refractivity contribution in [3.63, 3.8) is 0 Å². The maximum absolute atomic E-state index is 6.01. The quantitative estimate of drug-likeness (QED) is 0.109. The Kier molecular flexibility index (Phi) is 11.7. The van der Waals surface area contributed by atoms with E-state index in [1.807, 2.05) is 12.4 Å². The minimum atomic E-state index is 0.789. The van der Waals surface area contributed by atoms with Gasteiger partial charge in [0, 0.05) is 34.6 Å². The highest BCUT2D eigenvalue weighted by Crippen LogP contribution is 2.28. The Balaban J connectivity index is 1.10. The molecule has 3 nitrogen and oxygen atoms in total. The van der Waals surface area contributed by atoms with Crippen LogP contribution >= 0.6 is 0 Å². The number of ether oxygens (including phenoxy) is 1. The fourth-order valence-corrected chi connectivity index (χ4v) is 5.58. The molecule has 0 aliphatic rings. The number of hydrogen-bond acceptors (Lipinski definition) is 3. The summed E-state index contributed by atoms with van der Waals surface area (Å²) in [5.41, 5.74) is 9.86. The Hall–Kier alpha value is -4.24. The van der Waals surface area contributed by atoms with E-state index in [9.17, 15) is 0 Å². The molecular weight excluding hydrogens is 536 g/mol. The van der Waals surface area contributed by atoms with Crippen molar-refractivity contribution in [2.45, 2.75) is 78.1 Å². The van der Waals surface area contributed by atoms with Crippen molar-refractivity contribution >= 4 is 0 Å². The van der Waals surface area contributed by atoms with Crippen molar-refractivity contribution in [3.8, 4) is 50.5 Å². The topological polar surface area (TPSA) is 35.0 Å². The third-order valence-corrected chi connectivity index (χ3v) is 8.32. The second-order valence-electron chi connectivity index (χ2n) is 11.9. The number of unbranched alkanes of at least 4 members (excludes halogenated alkanes) is 9. The third-order valence-electron chi connectivity index (χ3n) is 8.32. The van der Waals surface area contributed by atoms with Gasteiger partial charge in [-0.15, -0.1) is 0 Å². The molecule has 0 fully saturated rings. The second-order valence-corrected chi connectivity index (χ2v) is 11.9. The first-order chi connectivity index (χ1) is 21.7. The first-order valence-electron chi connectivity index (χ1n) is 16.5. The largest absolute Gasteiger partial charge is 0.494 e. The Morgan fingerprint density at radius 3 is 1.45 bits per heavy atom. The van der Waals surface area contributed by atoms with Crippen LogP contribution in [0.2, 0.25) is 0 Å². The minimum Gasteiger partial charge on any atom is -0.494 e. The number of pyridine rings is 2. The Bertz CT molecular complexity index is 1540. The van der Waals surface area contributed by atoms with Crippen molar-refractivity contribution < 1.29 is 4.74 Å². The van der Waals surface area contributed by atoms with Crippen molar-refractivity contribution in [3.05, 3.63) is 115 Å². The lowest BCUT2D eigenvalue weighted by Crippen LogP contribution is -1.97. The smallest absolute Gasteiger partial charge is 0.119 e. The zero-order valence-electron chi connectivity index (χ0n) is 26.5. The highest BCUT2D eigenvalue weighted by atomic mass is 16.5. The van der Waals surface area contributed by atoms with E-state index in [1.54, 1.807) is 0 Å². The van der Waals surface area contributed by atoms with Gasteiger partial charge in [-0.1, -0.05) is 137 Å². The number of aryl methyl sites for hydroxylation is 1. The molecule has 0 radical (unpaired) electrons. The molecule has 2 aromatic heterocycles. The van der Waals surface area contributed by atoms with Crippen LogP contribution in [0.4, 0.5) is 0 Å². The number of rotatable bonds is 16. The highest BCUT2D eigenvalue weighted by Gasteiger charge is 2.07. The molecule has 0 aliphatic carbocycles. The maximum atomic E-state index is 6.01. The first kappa shape index (κ1) is 31.2. The third kappa shape index (κ3) is 9.13. The molecule has 226 valence electrons. The fourth-order valence-electron chi connectivity index (χ4n) is 5.58. The van der Waals surface area contributed by atoms with Gasteiger partial charge in [-0.3, -0.25) is 9.97 Å². The fraction of sp³-hybridized carbons (Fsp3) is 0.317. The van der Waals surface area contributed by atoms with Crippen LogP contribution in [0.25, 0.3) is 44.8 Å². The van der Waals surface area contributed by atoms with Gasteiger partial charge in [-0.2, -0.15) is 0 Å². The van der Waals surface area contributed by atoms with Gasteiger partial charge in [0.1, 0.15) is 5.75 Å². The second kappa shape index (κ2) is 16.6. The van der Waals surface area contributed by atoms with Gasteiger partial charge in [0.25, 0.3) is 0 Å². The van der Waals surface area contributed by atoms with E-state index >= 15 is 0 Å². The summed E-state index contributed by atoms with van der Waals surface area (Å²) >= 11 is 0. The molecule has 0 N–H and O–H groups in total. The SMILES string of the molecule is CCCCCCCCCCCCOc1ccc(-c2ccc(-c3cccc(-c4ccc(-c5ccc(C)cc5)cn4)c3)nc2)cc1. The monoisotopic (exact) mass is 582 g/mol. The van der Waals surface area contributed by atoms with Gasteiger partial charge in [0.05, 0.1) is 18.0 Å². The van der Waals surface area contributed by atoms with Crippen molar-refractivity contribution in [2.24, 2.45) is 0 Å². The lowest BCUT2D eigenvalue weighted by atomic mass is 10.0. The van der Waals surface area contributed by atoms with Gasteiger partial charge in [0.2, 0.25) is 0 Å². The van der Waals surface area contributed by atoms with Crippen LogP contribution in [0.5, 0.6) is 5.75 Å². The molecule has 44 heavy (non-hydrogen) atoms. The maximum Gasteiger partial charge on any atom is 0.119 e. The summed E-state index contributed by atoms with van der Waals surface area (Å²) in [6.45, 7) is 5.17. The minimum absolute atomic E-state index is 0.789. The molecule has 0 bridgehead atoms. The molecule has 0 spiro atoms. The van der Waals surface area contributed by atoms with Crippen LogP contribution in [0.3, 0.4) is 0 Å². The van der Waals surface area contributed by atoms with E-state index in [1.165, 1.54) is 68.9 Å². The lowest BCUT2D eigenvalue weighted by molar-refractivity contribution is 0.304. The zero-order valence-corrected chi connectivity index (χ0v) is 26.5. The van der Waals surface area contributed by atoms with Gasteiger partial charge in [-0.05, 0) is 54.8 Å². The van der Waals surface area contributed by atoms with E-state index in [0.29, 0.717) is 0 Å². The van der Waals surface area contributed by atoms with Crippen LogP contribution < -0.4 is 4.74 Å². The first-order valence-corrected chi connectivity index (χ1v) is 16.5. The molecule has 5 aromatic rings. The average Bonchev–Trinajstić information content (AvgIpc) is 3.08.